The van der Waals surface area contributed by atoms with Crippen molar-refractivity contribution in [1.29, 1.82) is 0 Å². The van der Waals surface area contributed by atoms with Gasteiger partial charge in [-0.2, -0.15) is 4.91 Å². The lowest BCUT2D eigenvalue weighted by molar-refractivity contribution is -0.805. The quantitative estimate of drug-likeness (QED) is 0.0276. The SMILES string of the molecule is CCCCCCCCC=CCCCCCCCC(=O)[N+]([O-])(CCO)CCO.CCCCCCCCCCCC(C)(C)N=O. The number of hydrogen-bond acceptors (Lipinski definition) is 6. The molecular formula is C36H72N2O5. The summed E-state index contributed by atoms with van der Waals surface area (Å²) >= 11 is 0. The maximum absolute atomic E-state index is 12.2. The van der Waals surface area contributed by atoms with Gasteiger partial charge in [-0.1, -0.05) is 140 Å². The smallest absolute Gasteiger partial charge is 0.313 e. The van der Waals surface area contributed by atoms with Crippen molar-refractivity contribution in [3.05, 3.63) is 22.3 Å². The topological polar surface area (TPSA) is 110 Å². The van der Waals surface area contributed by atoms with Crippen LogP contribution in [0, 0.1) is 10.1 Å². The van der Waals surface area contributed by atoms with E-state index in [1.165, 1.54) is 103 Å². The molecule has 0 heterocycles. The van der Waals surface area contributed by atoms with Gasteiger partial charge in [0.15, 0.2) is 0 Å². The molecule has 2 N–H and O–H groups in total. The van der Waals surface area contributed by atoms with Crippen molar-refractivity contribution in [2.24, 2.45) is 5.18 Å². The van der Waals surface area contributed by atoms with Gasteiger partial charge in [0, 0.05) is 0 Å². The van der Waals surface area contributed by atoms with Gasteiger partial charge in [0.05, 0.1) is 25.2 Å². The van der Waals surface area contributed by atoms with Crippen molar-refractivity contribution in [1.82, 2.24) is 0 Å². The standard InChI is InChI=1S/C22H43NO4.C14H29NO/c1-2-3-4-5-6-7-8-9-10-11-12-13-14-15-16-17-22(26)23(27,18-20-24)19-21-25;1-4-5-6-7-8-9-10-11-12-13-14(2,3)15-16/h9-10,24-25H,2-8,11-21H2,1H3;4-13H2,1-3H3. The summed E-state index contributed by atoms with van der Waals surface area (Å²) in [5, 5.41) is 33.2. The van der Waals surface area contributed by atoms with E-state index >= 15 is 0 Å². The van der Waals surface area contributed by atoms with Crippen LogP contribution in [0.2, 0.25) is 0 Å². The fourth-order valence-corrected chi connectivity index (χ4v) is 5.15. The second-order valence-electron chi connectivity index (χ2n) is 13.0. The van der Waals surface area contributed by atoms with E-state index in [2.05, 4.69) is 31.2 Å². The Morgan fingerprint density at radius 3 is 1.42 bits per heavy atom. The lowest BCUT2D eigenvalue weighted by atomic mass is 9.97. The summed E-state index contributed by atoms with van der Waals surface area (Å²) in [6, 6.07) is 0. The molecule has 0 saturated carbocycles. The number of hydroxylamine groups is 3. The first-order valence-corrected chi connectivity index (χ1v) is 18.1. The third-order valence-corrected chi connectivity index (χ3v) is 8.17. The Bertz CT molecular complexity index is 633. The zero-order valence-electron chi connectivity index (χ0n) is 29.0. The third kappa shape index (κ3) is 30.7. The summed E-state index contributed by atoms with van der Waals surface area (Å²) in [5.74, 6) is -0.421. The molecule has 0 radical (unpaired) electrons. The van der Waals surface area contributed by atoms with Crippen LogP contribution >= 0.6 is 0 Å². The number of rotatable bonds is 30. The molecule has 0 unspecified atom stereocenters. The average molecular weight is 613 g/mol. The van der Waals surface area contributed by atoms with E-state index in [4.69, 9.17) is 10.2 Å². The van der Waals surface area contributed by atoms with Crippen LogP contribution in [0.5, 0.6) is 0 Å². The summed E-state index contributed by atoms with van der Waals surface area (Å²) < 4.78 is -1.10. The number of nitroso groups, excluding NO2 is 1. The minimum atomic E-state index is -1.10. The third-order valence-electron chi connectivity index (χ3n) is 8.17. The molecule has 0 aromatic heterocycles. The van der Waals surface area contributed by atoms with Gasteiger partial charge >= 0.3 is 5.91 Å². The monoisotopic (exact) mass is 613 g/mol. The Balaban J connectivity index is 0. The first kappa shape index (κ1) is 44.0. The van der Waals surface area contributed by atoms with Gasteiger partial charge in [0.1, 0.15) is 13.1 Å². The van der Waals surface area contributed by atoms with Crippen LogP contribution in [0.1, 0.15) is 182 Å². The van der Waals surface area contributed by atoms with Gasteiger partial charge < -0.3 is 15.4 Å². The van der Waals surface area contributed by atoms with E-state index in [0.29, 0.717) is 6.42 Å². The minimum absolute atomic E-state index is 0.162. The summed E-state index contributed by atoms with van der Waals surface area (Å²) in [6.07, 6.45) is 33.2. The second-order valence-corrected chi connectivity index (χ2v) is 13.0. The van der Waals surface area contributed by atoms with Crippen LogP contribution in [-0.4, -0.2) is 52.6 Å². The lowest BCUT2D eigenvalue weighted by Gasteiger charge is -2.38. The Morgan fingerprint density at radius 2 is 1.02 bits per heavy atom. The average Bonchev–Trinajstić information content (AvgIpc) is 2.98. The molecule has 7 nitrogen and oxygen atoms in total. The number of nitrogens with zero attached hydrogens (tertiary/aromatic N) is 2. The Kier molecular flexibility index (Phi) is 33.0. The normalized spacial score (nSPS) is 12.0. The van der Waals surface area contributed by atoms with E-state index in [0.717, 1.165) is 38.5 Å². The molecule has 0 aliphatic rings. The van der Waals surface area contributed by atoms with Crippen molar-refractivity contribution in [3.63, 3.8) is 0 Å². The van der Waals surface area contributed by atoms with Crippen LogP contribution in [-0.2, 0) is 4.79 Å². The molecule has 0 aliphatic carbocycles. The van der Waals surface area contributed by atoms with Gasteiger partial charge in [0.25, 0.3) is 0 Å². The van der Waals surface area contributed by atoms with Crippen LogP contribution in [0.3, 0.4) is 0 Å². The van der Waals surface area contributed by atoms with E-state index in [1.54, 1.807) is 0 Å². The molecule has 0 rings (SSSR count). The molecule has 0 spiro atoms. The summed E-state index contributed by atoms with van der Waals surface area (Å²) in [7, 11) is 0. The zero-order chi connectivity index (χ0) is 32.5. The summed E-state index contributed by atoms with van der Waals surface area (Å²) in [4.78, 5) is 22.5. The summed E-state index contributed by atoms with van der Waals surface area (Å²) in [6.45, 7) is 7.35. The molecule has 43 heavy (non-hydrogen) atoms. The minimum Gasteiger partial charge on any atom is -0.625 e. The maximum atomic E-state index is 12.2. The molecule has 0 fully saturated rings. The van der Waals surface area contributed by atoms with E-state index in [-0.39, 0.29) is 38.3 Å². The number of carbonyl (C=O) groups is 1. The lowest BCUT2D eigenvalue weighted by Crippen LogP contribution is -2.51. The van der Waals surface area contributed by atoms with Crippen molar-refractivity contribution >= 4 is 5.91 Å². The number of unbranched alkanes of at least 4 members (excludes halogenated alkanes) is 19. The number of quaternary nitrogens is 1. The number of amides is 1. The number of aliphatic hydroxyl groups is 2. The Morgan fingerprint density at radius 1 is 0.651 bits per heavy atom. The van der Waals surface area contributed by atoms with E-state index in [9.17, 15) is 14.9 Å². The maximum Gasteiger partial charge on any atom is 0.313 e. The summed E-state index contributed by atoms with van der Waals surface area (Å²) in [5.41, 5.74) is -0.346. The molecule has 0 saturated heterocycles. The first-order chi connectivity index (χ1) is 20.7. The van der Waals surface area contributed by atoms with Crippen molar-refractivity contribution < 1.29 is 19.7 Å². The second kappa shape index (κ2) is 32.2. The molecule has 0 atom stereocenters. The van der Waals surface area contributed by atoms with Crippen molar-refractivity contribution in [2.75, 3.05) is 26.3 Å². The molecule has 0 aromatic rings. The number of hydrogen-bond donors (Lipinski definition) is 2. The predicted octanol–water partition coefficient (Wildman–Crippen LogP) is 10.3. The Labute approximate surface area is 266 Å². The Hall–Kier alpha value is -1.15. The van der Waals surface area contributed by atoms with Crippen molar-refractivity contribution in [2.45, 2.75) is 187 Å². The first-order valence-electron chi connectivity index (χ1n) is 18.1. The van der Waals surface area contributed by atoms with Gasteiger partial charge in [-0.25, -0.2) is 4.79 Å². The highest BCUT2D eigenvalue weighted by molar-refractivity contribution is 5.69. The molecule has 256 valence electrons. The molecule has 7 heteroatoms. The van der Waals surface area contributed by atoms with Gasteiger partial charge in [-0.3, -0.25) is 4.65 Å². The zero-order valence-corrected chi connectivity index (χ0v) is 29.0. The fraction of sp³-hybridized carbons (Fsp3) is 0.917. The molecule has 1 amide bonds. The molecule has 0 aliphatic heterocycles. The number of aliphatic hydroxyl groups excluding tert-OH is 2. The molecule has 0 aromatic carbocycles. The molecular weight excluding hydrogens is 540 g/mol. The van der Waals surface area contributed by atoms with Crippen LogP contribution in [0.15, 0.2) is 17.3 Å². The van der Waals surface area contributed by atoms with E-state index in [1.807, 2.05) is 13.8 Å². The highest BCUT2D eigenvalue weighted by atomic mass is 16.6. The number of allylic oxidation sites excluding steroid dienone is 2. The highest BCUT2D eigenvalue weighted by Gasteiger charge is 2.25. The van der Waals surface area contributed by atoms with Gasteiger partial charge in [0.2, 0.25) is 0 Å². The predicted molar refractivity (Wildman–Crippen MR) is 184 cm³/mol. The van der Waals surface area contributed by atoms with Gasteiger partial charge in [-0.15, -0.1) is 0 Å². The highest BCUT2D eigenvalue weighted by Crippen LogP contribution is 2.19. The van der Waals surface area contributed by atoms with Crippen LogP contribution in [0.25, 0.3) is 0 Å². The van der Waals surface area contributed by atoms with Crippen molar-refractivity contribution in [3.8, 4) is 0 Å². The van der Waals surface area contributed by atoms with E-state index < -0.39 is 10.6 Å². The van der Waals surface area contributed by atoms with Gasteiger partial charge in [-0.05, 0) is 52.4 Å². The fourth-order valence-electron chi connectivity index (χ4n) is 5.15. The molecule has 0 bridgehead atoms. The number of carbonyl (C=O) groups excluding carboxylic acids is 1. The van der Waals surface area contributed by atoms with Crippen LogP contribution in [0.4, 0.5) is 0 Å². The van der Waals surface area contributed by atoms with Crippen LogP contribution < -0.4 is 0 Å². The largest absolute Gasteiger partial charge is 0.625 e.